The maximum atomic E-state index is 13.2. The Bertz CT molecular complexity index is 429. The van der Waals surface area contributed by atoms with Gasteiger partial charge in [-0.15, -0.1) is 0 Å². The fraction of sp³-hybridized carbons (Fsp3) is 0.538. The van der Waals surface area contributed by atoms with Crippen molar-refractivity contribution < 1.29 is 17.6 Å². The molecule has 108 valence electrons. The molecule has 2 nitrogen and oxygen atoms in total. The van der Waals surface area contributed by atoms with Crippen LogP contribution in [0, 0.1) is 5.82 Å². The first-order valence-electron chi connectivity index (χ1n) is 5.97. The van der Waals surface area contributed by atoms with Gasteiger partial charge in [-0.2, -0.15) is 13.2 Å². The molecule has 6 heteroatoms. The minimum absolute atomic E-state index is 0.118. The first kappa shape index (κ1) is 15.9. The molecule has 1 atom stereocenters. The van der Waals surface area contributed by atoms with Crippen LogP contribution in [-0.2, 0) is 6.18 Å². The maximum absolute atomic E-state index is 13.2. The van der Waals surface area contributed by atoms with Crippen LogP contribution in [0.25, 0.3) is 0 Å². The van der Waals surface area contributed by atoms with E-state index in [1.165, 1.54) is 6.07 Å². The lowest BCUT2D eigenvalue weighted by Gasteiger charge is -2.31. The van der Waals surface area contributed by atoms with E-state index >= 15 is 0 Å². The number of halogens is 4. The summed E-state index contributed by atoms with van der Waals surface area (Å²) >= 11 is 0. The molecule has 0 saturated heterocycles. The Labute approximate surface area is 110 Å². The third-order valence-corrected chi connectivity index (χ3v) is 3.21. The van der Waals surface area contributed by atoms with Crippen LogP contribution >= 0.6 is 0 Å². The second kappa shape index (κ2) is 5.88. The molecule has 1 aromatic rings. The molecule has 0 aliphatic carbocycles. The van der Waals surface area contributed by atoms with E-state index in [0.29, 0.717) is 5.56 Å². The lowest BCUT2D eigenvalue weighted by Crippen LogP contribution is -2.35. The van der Waals surface area contributed by atoms with Gasteiger partial charge in [0.2, 0.25) is 0 Å². The average Bonchev–Trinajstić information content (AvgIpc) is 2.30. The first-order valence-corrected chi connectivity index (χ1v) is 5.97. The largest absolute Gasteiger partial charge is 0.419 e. The minimum atomic E-state index is -4.70. The molecule has 19 heavy (non-hydrogen) atoms. The number of nitrogens with two attached hydrogens (primary N) is 1. The summed E-state index contributed by atoms with van der Waals surface area (Å²) in [6, 6.07) is 2.77. The highest BCUT2D eigenvalue weighted by atomic mass is 19.4. The fourth-order valence-electron chi connectivity index (χ4n) is 1.86. The van der Waals surface area contributed by atoms with Gasteiger partial charge in [-0.25, -0.2) is 4.39 Å². The quantitative estimate of drug-likeness (QED) is 0.857. The van der Waals surface area contributed by atoms with Gasteiger partial charge in [0.15, 0.2) is 0 Å². The van der Waals surface area contributed by atoms with Gasteiger partial charge >= 0.3 is 6.18 Å². The minimum Gasteiger partial charge on any atom is -0.329 e. The van der Waals surface area contributed by atoms with E-state index in [-0.39, 0.29) is 18.6 Å². The molecule has 0 aliphatic rings. The van der Waals surface area contributed by atoms with Crippen LogP contribution in [-0.4, -0.2) is 24.5 Å². The first-order chi connectivity index (χ1) is 8.68. The van der Waals surface area contributed by atoms with Crippen molar-refractivity contribution in [3.63, 3.8) is 0 Å². The predicted octanol–water partition coefficient (Wildman–Crippen LogP) is 3.18. The van der Waals surface area contributed by atoms with Gasteiger partial charge in [-0.3, -0.25) is 4.90 Å². The Hall–Kier alpha value is -1.14. The predicted molar refractivity (Wildman–Crippen MR) is 66.1 cm³/mol. The van der Waals surface area contributed by atoms with Crippen molar-refractivity contribution in [1.82, 2.24) is 4.90 Å². The van der Waals surface area contributed by atoms with Crippen LogP contribution in [0.3, 0.4) is 0 Å². The van der Waals surface area contributed by atoms with E-state index < -0.39 is 17.6 Å². The molecule has 0 heterocycles. The van der Waals surface area contributed by atoms with Gasteiger partial charge in [0.05, 0.1) is 5.56 Å². The number of likely N-dealkylation sites (N-methyl/N-ethyl adjacent to an activating group) is 1. The van der Waals surface area contributed by atoms with Gasteiger partial charge < -0.3 is 5.73 Å². The van der Waals surface area contributed by atoms with E-state index in [1.807, 2.05) is 18.7 Å². The lowest BCUT2D eigenvalue weighted by molar-refractivity contribution is -0.140. The molecular weight excluding hydrogens is 260 g/mol. The summed E-state index contributed by atoms with van der Waals surface area (Å²) in [7, 11) is 1.78. The number of rotatable bonds is 4. The van der Waals surface area contributed by atoms with Crippen molar-refractivity contribution in [1.29, 1.82) is 0 Å². The van der Waals surface area contributed by atoms with Gasteiger partial charge in [-0.1, -0.05) is 6.07 Å². The van der Waals surface area contributed by atoms with Gasteiger partial charge in [-0.05, 0) is 38.6 Å². The van der Waals surface area contributed by atoms with Crippen LogP contribution in [0.4, 0.5) is 17.6 Å². The molecule has 1 aromatic carbocycles. The van der Waals surface area contributed by atoms with Crippen LogP contribution in [0.1, 0.15) is 31.0 Å². The summed E-state index contributed by atoms with van der Waals surface area (Å²) in [6.45, 7) is 3.99. The number of alkyl halides is 3. The van der Waals surface area contributed by atoms with Gasteiger partial charge in [0.25, 0.3) is 0 Å². The normalized spacial score (nSPS) is 14.2. The van der Waals surface area contributed by atoms with Crippen molar-refractivity contribution in [3.8, 4) is 0 Å². The second-order valence-corrected chi connectivity index (χ2v) is 4.75. The Kier molecular flexibility index (Phi) is 4.92. The monoisotopic (exact) mass is 278 g/mol. The molecule has 0 spiro atoms. The third-order valence-electron chi connectivity index (χ3n) is 3.21. The zero-order valence-corrected chi connectivity index (χ0v) is 11.1. The maximum Gasteiger partial charge on any atom is 0.419 e. The highest BCUT2D eigenvalue weighted by molar-refractivity contribution is 5.29. The smallest absolute Gasteiger partial charge is 0.329 e. The molecule has 2 N–H and O–H groups in total. The van der Waals surface area contributed by atoms with E-state index in [0.717, 1.165) is 12.1 Å². The SMILES string of the molecule is CC(C)N(C)C(CN)c1ccc(F)c(C(F)(F)F)c1. The molecule has 1 rings (SSSR count). The molecule has 0 amide bonds. The summed E-state index contributed by atoms with van der Waals surface area (Å²) in [5.41, 5.74) is 4.74. The van der Waals surface area contributed by atoms with Crippen molar-refractivity contribution in [2.75, 3.05) is 13.6 Å². The second-order valence-electron chi connectivity index (χ2n) is 4.75. The summed E-state index contributed by atoms with van der Waals surface area (Å²) in [5.74, 6) is -1.26. The average molecular weight is 278 g/mol. The molecular formula is C13H18F4N2. The number of nitrogens with zero attached hydrogens (tertiary/aromatic N) is 1. The highest BCUT2D eigenvalue weighted by Crippen LogP contribution is 2.33. The van der Waals surface area contributed by atoms with Crippen molar-refractivity contribution in [3.05, 3.63) is 35.1 Å². The van der Waals surface area contributed by atoms with Gasteiger partial charge in [0, 0.05) is 18.6 Å². The fourth-order valence-corrected chi connectivity index (χ4v) is 1.86. The zero-order valence-electron chi connectivity index (χ0n) is 11.1. The van der Waals surface area contributed by atoms with Gasteiger partial charge in [0.1, 0.15) is 5.82 Å². The molecule has 0 radical (unpaired) electrons. The summed E-state index contributed by atoms with van der Waals surface area (Å²) in [6.07, 6.45) is -4.70. The Morgan fingerprint density at radius 1 is 1.26 bits per heavy atom. The van der Waals surface area contributed by atoms with Crippen LogP contribution < -0.4 is 5.73 Å². The summed E-state index contributed by atoms with van der Waals surface area (Å²) in [5, 5.41) is 0. The number of hydrogen-bond acceptors (Lipinski definition) is 2. The van der Waals surface area contributed by atoms with E-state index in [4.69, 9.17) is 5.73 Å². The van der Waals surface area contributed by atoms with E-state index in [9.17, 15) is 17.6 Å². The van der Waals surface area contributed by atoms with Crippen LogP contribution in [0.5, 0.6) is 0 Å². The van der Waals surface area contributed by atoms with Crippen molar-refractivity contribution in [2.45, 2.75) is 32.1 Å². The Balaban J connectivity index is 3.20. The van der Waals surface area contributed by atoms with Crippen LogP contribution in [0.15, 0.2) is 18.2 Å². The van der Waals surface area contributed by atoms with E-state index in [1.54, 1.807) is 7.05 Å². The molecule has 1 unspecified atom stereocenters. The molecule has 0 fully saturated rings. The van der Waals surface area contributed by atoms with Crippen molar-refractivity contribution in [2.24, 2.45) is 5.73 Å². The molecule has 0 saturated carbocycles. The topological polar surface area (TPSA) is 29.3 Å². The molecule has 0 aromatic heterocycles. The summed E-state index contributed by atoms with van der Waals surface area (Å²) < 4.78 is 51.2. The Morgan fingerprint density at radius 3 is 2.26 bits per heavy atom. The molecule has 0 bridgehead atoms. The van der Waals surface area contributed by atoms with E-state index in [2.05, 4.69) is 0 Å². The summed E-state index contributed by atoms with van der Waals surface area (Å²) in [4.78, 5) is 1.85. The van der Waals surface area contributed by atoms with Crippen LogP contribution in [0.2, 0.25) is 0 Å². The number of benzene rings is 1. The van der Waals surface area contributed by atoms with Crippen molar-refractivity contribution >= 4 is 0 Å². The number of hydrogen-bond donors (Lipinski definition) is 1. The third kappa shape index (κ3) is 3.67. The highest BCUT2D eigenvalue weighted by Gasteiger charge is 2.35. The standard InChI is InChI=1S/C13H18F4N2/c1-8(2)19(3)12(7-18)9-4-5-11(14)10(6-9)13(15,16)17/h4-6,8,12H,7,18H2,1-3H3. The lowest BCUT2D eigenvalue weighted by atomic mass is 10.0. The Morgan fingerprint density at radius 2 is 1.84 bits per heavy atom. The zero-order chi connectivity index (χ0) is 14.8. The molecule has 0 aliphatic heterocycles.